The van der Waals surface area contributed by atoms with Crippen LogP contribution < -0.4 is 5.32 Å². The first-order valence-corrected chi connectivity index (χ1v) is 7.69. The topological polar surface area (TPSA) is 51.5 Å². The van der Waals surface area contributed by atoms with Gasteiger partial charge < -0.3 is 14.5 Å². The Morgan fingerprint density at radius 3 is 2.72 bits per heavy atom. The maximum Gasteiger partial charge on any atom is 0.425 e. The summed E-state index contributed by atoms with van der Waals surface area (Å²) in [6.45, 7) is 1.25. The third kappa shape index (κ3) is 3.17. The van der Waals surface area contributed by atoms with Crippen molar-refractivity contribution in [2.75, 3.05) is 5.32 Å². The number of hydrogen-bond acceptors (Lipinski definition) is 3. The van der Waals surface area contributed by atoms with Crippen LogP contribution in [0, 0.1) is 0 Å². The largest absolute Gasteiger partial charge is 0.465 e. The van der Waals surface area contributed by atoms with E-state index in [1.54, 1.807) is 6.07 Å². The summed E-state index contributed by atoms with van der Waals surface area (Å²) in [5.41, 5.74) is -3.17. The standard InChI is InChI=1S/C17H13ClF3NO3/c1-10-15(23)22-14-5-4-11(18)9-13(14)16(25-10,17(19,20)21)7-6-12-3-2-8-24-12/h2-10H,1H3,(H,22,23)/b7-6+/t10-,16-/m0/s1. The second-order valence-corrected chi connectivity index (χ2v) is 5.96. The number of fused-ring (bicyclic) bond motifs is 1. The van der Waals surface area contributed by atoms with Gasteiger partial charge in [0, 0.05) is 16.3 Å². The average Bonchev–Trinajstić information content (AvgIpc) is 3.01. The van der Waals surface area contributed by atoms with E-state index < -0.39 is 23.8 Å². The minimum absolute atomic E-state index is 0.0137. The van der Waals surface area contributed by atoms with Crippen molar-refractivity contribution in [2.45, 2.75) is 24.8 Å². The Kier molecular flexibility index (Phi) is 4.38. The van der Waals surface area contributed by atoms with Crippen LogP contribution in [-0.2, 0) is 15.1 Å². The van der Waals surface area contributed by atoms with Gasteiger partial charge in [0.2, 0.25) is 5.60 Å². The molecule has 0 spiro atoms. The SMILES string of the molecule is C[C@@H]1O[C@](/C=C/c2ccco2)(C(F)(F)F)c2cc(Cl)ccc2NC1=O. The Morgan fingerprint density at radius 2 is 2.08 bits per heavy atom. The van der Waals surface area contributed by atoms with Crippen LogP contribution in [0.2, 0.25) is 5.02 Å². The lowest BCUT2D eigenvalue weighted by Crippen LogP contribution is -2.45. The van der Waals surface area contributed by atoms with Crippen LogP contribution in [0.5, 0.6) is 0 Å². The molecule has 132 valence electrons. The van der Waals surface area contributed by atoms with Crippen molar-refractivity contribution < 1.29 is 27.1 Å². The van der Waals surface area contributed by atoms with Gasteiger partial charge in [-0.25, -0.2) is 0 Å². The van der Waals surface area contributed by atoms with Crippen molar-refractivity contribution in [3.8, 4) is 0 Å². The van der Waals surface area contributed by atoms with E-state index in [4.69, 9.17) is 20.8 Å². The maximum absolute atomic E-state index is 14.1. The third-order valence-corrected chi connectivity index (χ3v) is 4.05. The molecule has 3 rings (SSSR count). The zero-order chi connectivity index (χ0) is 18.2. The number of alkyl halides is 3. The van der Waals surface area contributed by atoms with Gasteiger partial charge in [0.25, 0.3) is 5.91 Å². The quantitative estimate of drug-likeness (QED) is 0.828. The number of amides is 1. The van der Waals surface area contributed by atoms with E-state index in [1.807, 2.05) is 0 Å². The molecule has 1 aromatic heterocycles. The summed E-state index contributed by atoms with van der Waals surface area (Å²) in [4.78, 5) is 12.0. The molecular formula is C17H13ClF3NO3. The highest BCUT2D eigenvalue weighted by atomic mass is 35.5. The van der Waals surface area contributed by atoms with E-state index in [2.05, 4.69) is 5.32 Å². The van der Waals surface area contributed by atoms with Gasteiger partial charge in [-0.3, -0.25) is 4.79 Å². The van der Waals surface area contributed by atoms with Crippen LogP contribution in [0.15, 0.2) is 47.1 Å². The molecule has 2 atom stereocenters. The van der Waals surface area contributed by atoms with Crippen molar-refractivity contribution in [2.24, 2.45) is 0 Å². The first-order chi connectivity index (χ1) is 11.7. The Morgan fingerprint density at radius 1 is 1.32 bits per heavy atom. The van der Waals surface area contributed by atoms with Crippen molar-refractivity contribution >= 4 is 29.3 Å². The molecule has 0 bridgehead atoms. The number of hydrogen-bond donors (Lipinski definition) is 1. The summed E-state index contributed by atoms with van der Waals surface area (Å²) in [6, 6.07) is 6.90. The number of furan rings is 1. The molecule has 8 heteroatoms. The van der Waals surface area contributed by atoms with Gasteiger partial charge in [-0.1, -0.05) is 11.6 Å². The van der Waals surface area contributed by atoms with Crippen LogP contribution >= 0.6 is 11.6 Å². The molecule has 0 saturated carbocycles. The van der Waals surface area contributed by atoms with Crippen molar-refractivity contribution in [3.63, 3.8) is 0 Å². The van der Waals surface area contributed by atoms with Crippen LogP contribution in [0.1, 0.15) is 18.2 Å². The van der Waals surface area contributed by atoms with E-state index in [0.717, 1.165) is 18.2 Å². The Balaban J connectivity index is 2.25. The molecule has 0 saturated heterocycles. The van der Waals surface area contributed by atoms with Crippen LogP contribution in [0.4, 0.5) is 18.9 Å². The van der Waals surface area contributed by atoms with E-state index in [-0.39, 0.29) is 22.0 Å². The summed E-state index contributed by atoms with van der Waals surface area (Å²) in [6.07, 6.45) is -2.87. The number of benzene rings is 1. The number of ether oxygens (including phenoxy) is 1. The first kappa shape index (κ1) is 17.6. The van der Waals surface area contributed by atoms with E-state index >= 15 is 0 Å². The lowest BCUT2D eigenvalue weighted by atomic mass is 9.90. The Hall–Kier alpha value is -2.25. The number of halogens is 4. The number of nitrogens with one attached hydrogen (secondary N) is 1. The van der Waals surface area contributed by atoms with Gasteiger partial charge in [0.15, 0.2) is 0 Å². The molecular weight excluding hydrogens is 359 g/mol. The van der Waals surface area contributed by atoms with Gasteiger partial charge in [0.05, 0.1) is 6.26 Å². The summed E-state index contributed by atoms with van der Waals surface area (Å²) < 4.78 is 52.7. The molecule has 25 heavy (non-hydrogen) atoms. The Labute approximate surface area is 146 Å². The number of rotatable bonds is 2. The fraction of sp³-hybridized carbons (Fsp3) is 0.235. The molecule has 1 aliphatic heterocycles. The lowest BCUT2D eigenvalue weighted by molar-refractivity contribution is -0.270. The lowest BCUT2D eigenvalue weighted by Gasteiger charge is -2.34. The van der Waals surface area contributed by atoms with Gasteiger partial charge in [-0.2, -0.15) is 13.2 Å². The third-order valence-electron chi connectivity index (χ3n) is 3.82. The molecule has 1 amide bonds. The van der Waals surface area contributed by atoms with Crippen LogP contribution in [0.3, 0.4) is 0 Å². The molecule has 1 aromatic carbocycles. The van der Waals surface area contributed by atoms with Gasteiger partial charge >= 0.3 is 6.18 Å². The van der Waals surface area contributed by atoms with E-state index in [0.29, 0.717) is 0 Å². The number of carbonyl (C=O) groups excluding carboxylic acids is 1. The zero-order valence-corrected chi connectivity index (χ0v) is 13.7. The summed E-state index contributed by atoms with van der Waals surface area (Å²) in [5, 5.41) is 2.53. The average molecular weight is 372 g/mol. The molecule has 0 unspecified atom stereocenters. The highest BCUT2D eigenvalue weighted by Crippen LogP contribution is 2.49. The number of carbonyl (C=O) groups is 1. The van der Waals surface area contributed by atoms with Crippen LogP contribution in [0.25, 0.3) is 6.08 Å². The van der Waals surface area contributed by atoms with Gasteiger partial charge in [0.1, 0.15) is 11.9 Å². The van der Waals surface area contributed by atoms with E-state index in [1.165, 1.54) is 31.4 Å². The molecule has 4 nitrogen and oxygen atoms in total. The molecule has 1 N–H and O–H groups in total. The zero-order valence-electron chi connectivity index (χ0n) is 12.9. The van der Waals surface area contributed by atoms with Gasteiger partial charge in [-0.05, 0) is 49.4 Å². The number of anilines is 1. The highest BCUT2D eigenvalue weighted by molar-refractivity contribution is 6.30. The summed E-state index contributed by atoms with van der Waals surface area (Å²) >= 11 is 5.90. The molecule has 0 aliphatic carbocycles. The maximum atomic E-state index is 14.1. The second-order valence-electron chi connectivity index (χ2n) is 5.52. The van der Waals surface area contributed by atoms with E-state index in [9.17, 15) is 18.0 Å². The molecule has 2 heterocycles. The predicted octanol–water partition coefficient (Wildman–Crippen LogP) is 4.76. The smallest absolute Gasteiger partial charge is 0.425 e. The normalized spacial score (nSPS) is 24.0. The Bertz CT molecular complexity index is 817. The molecule has 0 radical (unpaired) electrons. The second kappa shape index (κ2) is 6.24. The van der Waals surface area contributed by atoms with Gasteiger partial charge in [-0.15, -0.1) is 0 Å². The fourth-order valence-corrected chi connectivity index (χ4v) is 2.76. The predicted molar refractivity (Wildman–Crippen MR) is 86.1 cm³/mol. The fourth-order valence-electron chi connectivity index (χ4n) is 2.59. The van der Waals surface area contributed by atoms with Crippen molar-refractivity contribution in [1.82, 2.24) is 0 Å². The van der Waals surface area contributed by atoms with Crippen molar-refractivity contribution in [3.05, 3.63) is 59.0 Å². The minimum Gasteiger partial charge on any atom is -0.465 e. The summed E-state index contributed by atoms with van der Waals surface area (Å²) in [7, 11) is 0. The molecule has 1 aliphatic rings. The molecule has 0 fully saturated rings. The summed E-state index contributed by atoms with van der Waals surface area (Å²) in [5.74, 6) is -0.465. The first-order valence-electron chi connectivity index (χ1n) is 7.31. The van der Waals surface area contributed by atoms with Crippen molar-refractivity contribution in [1.29, 1.82) is 0 Å². The minimum atomic E-state index is -4.85. The highest BCUT2D eigenvalue weighted by Gasteiger charge is 2.59. The van der Waals surface area contributed by atoms with Crippen LogP contribution in [-0.4, -0.2) is 18.2 Å². The molecule has 2 aromatic rings. The monoisotopic (exact) mass is 371 g/mol.